The van der Waals surface area contributed by atoms with Gasteiger partial charge in [-0.25, -0.2) is 0 Å². The minimum Gasteiger partial charge on any atom is -0.381 e. The van der Waals surface area contributed by atoms with E-state index in [4.69, 9.17) is 9.47 Å². The van der Waals surface area contributed by atoms with E-state index >= 15 is 0 Å². The Kier molecular flexibility index (Phi) is 7.85. The van der Waals surface area contributed by atoms with Crippen molar-refractivity contribution in [3.8, 4) is 0 Å². The summed E-state index contributed by atoms with van der Waals surface area (Å²) >= 11 is 0. The van der Waals surface area contributed by atoms with Gasteiger partial charge >= 0.3 is 0 Å². The van der Waals surface area contributed by atoms with Crippen LogP contribution in [0.2, 0.25) is 0 Å². The fourth-order valence-corrected chi connectivity index (χ4v) is 3.97. The van der Waals surface area contributed by atoms with Crippen LogP contribution < -0.4 is 10.6 Å². The summed E-state index contributed by atoms with van der Waals surface area (Å²) in [5, 5.41) is 12.9. The highest BCUT2D eigenvalue weighted by Crippen LogP contribution is 2.28. The molecule has 0 aromatic carbocycles. The van der Waals surface area contributed by atoms with Gasteiger partial charge in [0, 0.05) is 37.9 Å². The molecule has 28 heavy (non-hydrogen) atoms. The van der Waals surface area contributed by atoms with Crippen molar-refractivity contribution in [2.45, 2.75) is 64.1 Å². The number of aromatic amines is 1. The predicted molar refractivity (Wildman–Crippen MR) is 103 cm³/mol. The molecule has 3 N–H and O–H groups in total. The number of nitrogens with one attached hydrogen (secondary N) is 3. The molecule has 3 rings (SSSR count). The summed E-state index contributed by atoms with van der Waals surface area (Å²) in [6, 6.07) is 1.71. The monoisotopic (exact) mass is 392 g/mol. The molecule has 1 aliphatic heterocycles. The first-order valence-corrected chi connectivity index (χ1v) is 10.4. The second-order valence-electron chi connectivity index (χ2n) is 7.72. The van der Waals surface area contributed by atoms with E-state index in [9.17, 15) is 9.59 Å². The van der Waals surface area contributed by atoms with Gasteiger partial charge in [-0.2, -0.15) is 5.10 Å². The lowest BCUT2D eigenvalue weighted by Crippen LogP contribution is -2.52. The normalized spacial score (nSPS) is 26.0. The summed E-state index contributed by atoms with van der Waals surface area (Å²) < 4.78 is 11.4. The van der Waals surface area contributed by atoms with Gasteiger partial charge in [-0.05, 0) is 44.6 Å². The van der Waals surface area contributed by atoms with Crippen molar-refractivity contribution in [1.29, 1.82) is 0 Å². The molecule has 3 atom stereocenters. The Labute approximate surface area is 166 Å². The molecular weight excluding hydrogens is 360 g/mol. The molecule has 0 bridgehead atoms. The third-order valence-electron chi connectivity index (χ3n) is 5.62. The van der Waals surface area contributed by atoms with Crippen LogP contribution in [0, 0.1) is 11.8 Å². The molecule has 1 aromatic rings. The highest BCUT2D eigenvalue weighted by atomic mass is 16.5. The second kappa shape index (κ2) is 10.6. The minimum absolute atomic E-state index is 0.00448. The molecule has 1 aliphatic carbocycles. The molecule has 0 unspecified atom stereocenters. The van der Waals surface area contributed by atoms with Crippen molar-refractivity contribution < 1.29 is 19.1 Å². The molecule has 2 aliphatic rings. The number of H-pyrrole nitrogens is 1. The lowest BCUT2D eigenvalue weighted by Gasteiger charge is -2.37. The number of carbonyl (C=O) groups excluding carboxylic acids is 2. The number of rotatable bonds is 8. The Hall–Kier alpha value is -1.93. The highest BCUT2D eigenvalue weighted by Gasteiger charge is 2.36. The van der Waals surface area contributed by atoms with Crippen LogP contribution in [0.1, 0.15) is 51.1 Å². The van der Waals surface area contributed by atoms with Gasteiger partial charge in [0.05, 0.1) is 24.4 Å². The van der Waals surface area contributed by atoms with E-state index in [0.717, 1.165) is 37.8 Å². The first kappa shape index (κ1) is 20.8. The van der Waals surface area contributed by atoms with Crippen molar-refractivity contribution in [2.24, 2.45) is 11.8 Å². The Morgan fingerprint density at radius 2 is 2.04 bits per heavy atom. The SMILES string of the molecule is CCCO[C@@H]1CC[C@H](C(=O)NCc2ccn[nH]2)C[C@H]1NC(=O)C1CCOCC1. The summed E-state index contributed by atoms with van der Waals surface area (Å²) in [4.78, 5) is 25.3. The molecule has 1 aromatic heterocycles. The van der Waals surface area contributed by atoms with Crippen molar-refractivity contribution >= 4 is 11.8 Å². The van der Waals surface area contributed by atoms with Crippen LogP contribution in [0.15, 0.2) is 12.3 Å². The Bertz CT molecular complexity index is 616. The molecule has 0 spiro atoms. The molecule has 1 saturated carbocycles. The molecule has 156 valence electrons. The van der Waals surface area contributed by atoms with Crippen LogP contribution in [-0.4, -0.2) is 54.0 Å². The van der Waals surface area contributed by atoms with Gasteiger partial charge in [0.25, 0.3) is 0 Å². The van der Waals surface area contributed by atoms with E-state index in [1.165, 1.54) is 0 Å². The maximum absolute atomic E-state index is 12.7. The zero-order chi connectivity index (χ0) is 19.8. The average molecular weight is 393 g/mol. The maximum atomic E-state index is 12.7. The van der Waals surface area contributed by atoms with Crippen LogP contribution in [0.4, 0.5) is 0 Å². The fourth-order valence-electron chi connectivity index (χ4n) is 3.97. The largest absolute Gasteiger partial charge is 0.381 e. The number of carbonyl (C=O) groups is 2. The molecule has 2 amide bonds. The van der Waals surface area contributed by atoms with E-state index in [-0.39, 0.29) is 35.8 Å². The van der Waals surface area contributed by atoms with Crippen LogP contribution >= 0.6 is 0 Å². The second-order valence-corrected chi connectivity index (χ2v) is 7.72. The summed E-state index contributed by atoms with van der Waals surface area (Å²) in [5.41, 5.74) is 0.873. The van der Waals surface area contributed by atoms with Gasteiger partial charge in [-0.15, -0.1) is 0 Å². The predicted octanol–water partition coefficient (Wildman–Crippen LogP) is 1.53. The van der Waals surface area contributed by atoms with Gasteiger partial charge in [0.15, 0.2) is 0 Å². The van der Waals surface area contributed by atoms with Crippen molar-refractivity contribution in [3.05, 3.63) is 18.0 Å². The summed E-state index contributed by atoms with van der Waals surface area (Å²) in [7, 11) is 0. The zero-order valence-electron chi connectivity index (χ0n) is 16.6. The number of nitrogens with zero attached hydrogens (tertiary/aromatic N) is 1. The van der Waals surface area contributed by atoms with Crippen molar-refractivity contribution in [2.75, 3.05) is 19.8 Å². The van der Waals surface area contributed by atoms with E-state index < -0.39 is 0 Å². The number of hydrogen-bond acceptors (Lipinski definition) is 5. The third-order valence-corrected chi connectivity index (χ3v) is 5.62. The molecule has 2 heterocycles. The van der Waals surface area contributed by atoms with Crippen LogP contribution in [0.5, 0.6) is 0 Å². The van der Waals surface area contributed by atoms with Gasteiger partial charge in [-0.1, -0.05) is 6.92 Å². The first-order chi connectivity index (χ1) is 13.7. The van der Waals surface area contributed by atoms with Gasteiger partial charge in [0.2, 0.25) is 11.8 Å². The topological polar surface area (TPSA) is 105 Å². The summed E-state index contributed by atoms with van der Waals surface area (Å²) in [5.74, 6) is -0.0367. The van der Waals surface area contributed by atoms with Gasteiger partial charge in [0.1, 0.15) is 0 Å². The first-order valence-electron chi connectivity index (χ1n) is 10.4. The quantitative estimate of drug-likeness (QED) is 0.622. The number of aromatic nitrogens is 2. The standard InChI is InChI=1S/C20H32N4O4/c1-2-9-28-18-4-3-15(19(25)21-13-16-5-8-22-24-16)12-17(18)23-20(26)14-6-10-27-11-7-14/h5,8,14-15,17-18H,2-4,6-7,9-13H2,1H3,(H,21,25)(H,22,24)(H,23,26)/t15-,17+,18+/m0/s1. The van der Waals surface area contributed by atoms with E-state index in [2.05, 4.69) is 27.8 Å². The highest BCUT2D eigenvalue weighted by molar-refractivity contribution is 5.80. The van der Waals surface area contributed by atoms with E-state index in [1.807, 2.05) is 6.07 Å². The van der Waals surface area contributed by atoms with E-state index in [1.54, 1.807) is 6.20 Å². The Morgan fingerprint density at radius 3 is 2.75 bits per heavy atom. The lowest BCUT2D eigenvalue weighted by molar-refractivity contribution is -0.133. The van der Waals surface area contributed by atoms with Crippen LogP contribution in [0.25, 0.3) is 0 Å². The summed E-state index contributed by atoms with van der Waals surface area (Å²) in [6.07, 6.45) is 6.25. The molecular formula is C20H32N4O4. The lowest BCUT2D eigenvalue weighted by atomic mass is 9.82. The fraction of sp³-hybridized carbons (Fsp3) is 0.750. The average Bonchev–Trinajstić information content (AvgIpc) is 3.25. The molecule has 2 fully saturated rings. The minimum atomic E-state index is -0.126. The molecule has 8 heteroatoms. The van der Waals surface area contributed by atoms with E-state index in [0.29, 0.717) is 32.8 Å². The third kappa shape index (κ3) is 5.78. The smallest absolute Gasteiger partial charge is 0.223 e. The number of ether oxygens (including phenoxy) is 2. The summed E-state index contributed by atoms with van der Waals surface area (Å²) in [6.45, 7) is 4.45. The zero-order valence-corrected chi connectivity index (χ0v) is 16.6. The number of amides is 2. The molecule has 1 saturated heterocycles. The van der Waals surface area contributed by atoms with Crippen LogP contribution in [0.3, 0.4) is 0 Å². The van der Waals surface area contributed by atoms with Crippen molar-refractivity contribution in [1.82, 2.24) is 20.8 Å². The maximum Gasteiger partial charge on any atom is 0.223 e. The van der Waals surface area contributed by atoms with Gasteiger partial charge in [-0.3, -0.25) is 14.7 Å². The molecule has 8 nitrogen and oxygen atoms in total. The molecule has 0 radical (unpaired) electrons. The number of hydrogen-bond donors (Lipinski definition) is 3. The van der Waals surface area contributed by atoms with Gasteiger partial charge < -0.3 is 20.1 Å². The van der Waals surface area contributed by atoms with Crippen LogP contribution in [-0.2, 0) is 25.6 Å². The van der Waals surface area contributed by atoms with Crippen molar-refractivity contribution in [3.63, 3.8) is 0 Å². The Balaban J connectivity index is 1.56. The Morgan fingerprint density at radius 1 is 1.21 bits per heavy atom.